The fourth-order valence-electron chi connectivity index (χ4n) is 2.44. The van der Waals surface area contributed by atoms with Gasteiger partial charge in [-0.25, -0.2) is 4.98 Å². The number of anilines is 1. The minimum Gasteiger partial charge on any atom is -0.495 e. The van der Waals surface area contributed by atoms with Crippen LogP contribution in [-0.2, 0) is 14.4 Å². The van der Waals surface area contributed by atoms with Crippen LogP contribution in [0.2, 0.25) is 0 Å². The minimum absolute atomic E-state index is 0.154. The highest BCUT2D eigenvalue weighted by atomic mass is 32.1. The van der Waals surface area contributed by atoms with Gasteiger partial charge in [0, 0.05) is 12.8 Å². The topological polar surface area (TPSA) is 97.8 Å². The Kier molecular flexibility index (Phi) is 4.34. The average molecular weight is 349 g/mol. The van der Waals surface area contributed by atoms with Gasteiger partial charge in [0.1, 0.15) is 28.3 Å². The second-order valence-corrected chi connectivity index (χ2v) is 6.09. The van der Waals surface area contributed by atoms with Gasteiger partial charge in [0.2, 0.25) is 17.7 Å². The van der Waals surface area contributed by atoms with Crippen LogP contribution >= 0.6 is 11.3 Å². The quantitative estimate of drug-likeness (QED) is 0.820. The highest BCUT2D eigenvalue weighted by Crippen LogP contribution is 2.38. The number of hydrogen-bond acceptors (Lipinski definition) is 7. The maximum absolute atomic E-state index is 12.1. The summed E-state index contributed by atoms with van der Waals surface area (Å²) in [4.78, 5) is 40.5. The van der Waals surface area contributed by atoms with E-state index in [0.29, 0.717) is 22.1 Å². The Morgan fingerprint density at radius 1 is 1.21 bits per heavy atom. The van der Waals surface area contributed by atoms with Crippen LogP contribution in [0.5, 0.6) is 11.5 Å². The molecule has 2 heterocycles. The van der Waals surface area contributed by atoms with Crippen molar-refractivity contribution in [2.45, 2.75) is 12.8 Å². The lowest BCUT2D eigenvalue weighted by atomic mass is 10.3. The van der Waals surface area contributed by atoms with E-state index in [4.69, 9.17) is 9.47 Å². The first-order valence-electron chi connectivity index (χ1n) is 7.18. The molecule has 1 aliphatic heterocycles. The van der Waals surface area contributed by atoms with Gasteiger partial charge in [-0.15, -0.1) is 0 Å². The van der Waals surface area contributed by atoms with Crippen molar-refractivity contribution in [2.24, 2.45) is 0 Å². The molecule has 0 spiro atoms. The van der Waals surface area contributed by atoms with Crippen LogP contribution < -0.4 is 14.8 Å². The number of benzene rings is 1. The number of rotatable bonds is 5. The molecule has 0 radical (unpaired) electrons. The number of ether oxygens (including phenoxy) is 2. The van der Waals surface area contributed by atoms with Crippen LogP contribution in [0, 0.1) is 0 Å². The second-order valence-electron chi connectivity index (χ2n) is 5.09. The average Bonchev–Trinajstić information content (AvgIpc) is 3.12. The number of fused-ring (bicyclic) bond motifs is 1. The van der Waals surface area contributed by atoms with E-state index in [1.807, 2.05) is 0 Å². The first-order valence-corrected chi connectivity index (χ1v) is 7.99. The van der Waals surface area contributed by atoms with Gasteiger partial charge >= 0.3 is 0 Å². The van der Waals surface area contributed by atoms with Crippen molar-refractivity contribution in [3.63, 3.8) is 0 Å². The number of carbonyl (C=O) groups is 3. The maximum Gasteiger partial charge on any atom is 0.246 e. The van der Waals surface area contributed by atoms with Crippen LogP contribution in [-0.4, -0.2) is 48.4 Å². The Morgan fingerprint density at radius 3 is 2.46 bits per heavy atom. The molecular formula is C15H15N3O5S. The van der Waals surface area contributed by atoms with Crippen molar-refractivity contribution in [3.8, 4) is 11.5 Å². The molecule has 0 saturated carbocycles. The molecule has 0 atom stereocenters. The summed E-state index contributed by atoms with van der Waals surface area (Å²) in [7, 11) is 3.08. The zero-order valence-corrected chi connectivity index (χ0v) is 13.9. The molecule has 1 N–H and O–H groups in total. The number of thiazole rings is 1. The number of imide groups is 1. The second kappa shape index (κ2) is 6.44. The lowest BCUT2D eigenvalue weighted by Crippen LogP contribution is -2.36. The molecule has 8 nitrogen and oxygen atoms in total. The smallest absolute Gasteiger partial charge is 0.246 e. The Labute approximate surface area is 141 Å². The summed E-state index contributed by atoms with van der Waals surface area (Å²) >= 11 is 1.23. The molecule has 1 aromatic carbocycles. The van der Waals surface area contributed by atoms with Crippen molar-refractivity contribution in [3.05, 3.63) is 12.1 Å². The molecule has 0 aliphatic carbocycles. The summed E-state index contributed by atoms with van der Waals surface area (Å²) < 4.78 is 11.3. The SMILES string of the molecule is COc1ccc(OC)c2sc(NC(=O)CN3C(=O)CCC3=O)nc12. The van der Waals surface area contributed by atoms with E-state index in [-0.39, 0.29) is 31.2 Å². The third-order valence-electron chi connectivity index (χ3n) is 3.61. The number of amides is 3. The molecular weight excluding hydrogens is 334 g/mol. The Bertz CT molecular complexity index is 775. The monoisotopic (exact) mass is 349 g/mol. The van der Waals surface area contributed by atoms with Crippen molar-refractivity contribution in [1.82, 2.24) is 9.88 Å². The van der Waals surface area contributed by atoms with Crippen LogP contribution in [0.3, 0.4) is 0 Å². The molecule has 1 fully saturated rings. The van der Waals surface area contributed by atoms with Gasteiger partial charge in [0.05, 0.1) is 14.2 Å². The summed E-state index contributed by atoms with van der Waals surface area (Å²) in [6.07, 6.45) is 0.309. The molecule has 1 aliphatic rings. The van der Waals surface area contributed by atoms with Gasteiger partial charge in [0.25, 0.3) is 0 Å². The molecule has 1 saturated heterocycles. The third kappa shape index (κ3) is 2.90. The molecule has 3 rings (SSSR count). The summed E-state index contributed by atoms with van der Waals surface area (Å²) in [5.41, 5.74) is 0.575. The molecule has 24 heavy (non-hydrogen) atoms. The van der Waals surface area contributed by atoms with Crippen molar-refractivity contribution in [1.29, 1.82) is 0 Å². The Balaban J connectivity index is 1.81. The van der Waals surface area contributed by atoms with Crippen molar-refractivity contribution < 1.29 is 23.9 Å². The van der Waals surface area contributed by atoms with Gasteiger partial charge in [-0.05, 0) is 12.1 Å². The fraction of sp³-hybridized carbons (Fsp3) is 0.333. The zero-order valence-electron chi connectivity index (χ0n) is 13.1. The van der Waals surface area contributed by atoms with Crippen LogP contribution in [0.15, 0.2) is 12.1 Å². The lowest BCUT2D eigenvalue weighted by Gasteiger charge is -2.12. The first-order chi connectivity index (χ1) is 11.5. The number of aromatic nitrogens is 1. The normalized spacial score (nSPS) is 14.3. The van der Waals surface area contributed by atoms with Gasteiger partial charge < -0.3 is 14.8 Å². The standard InChI is InChI=1S/C15H15N3O5S/c1-22-8-3-4-9(23-2)14-13(8)17-15(24-14)16-10(19)7-18-11(20)5-6-12(18)21/h3-4H,5-7H2,1-2H3,(H,16,17,19). The zero-order chi connectivity index (χ0) is 17.3. The Morgan fingerprint density at radius 2 is 1.83 bits per heavy atom. The summed E-state index contributed by atoms with van der Waals surface area (Å²) in [5, 5.41) is 2.96. The predicted molar refractivity (Wildman–Crippen MR) is 87.3 cm³/mol. The van der Waals surface area contributed by atoms with Crippen LogP contribution in [0.1, 0.15) is 12.8 Å². The molecule has 126 valence electrons. The van der Waals surface area contributed by atoms with E-state index in [9.17, 15) is 14.4 Å². The number of nitrogens with zero attached hydrogens (tertiary/aromatic N) is 2. The maximum atomic E-state index is 12.1. The van der Waals surface area contributed by atoms with E-state index < -0.39 is 5.91 Å². The van der Waals surface area contributed by atoms with Crippen molar-refractivity contribution in [2.75, 3.05) is 26.1 Å². The summed E-state index contributed by atoms with van der Waals surface area (Å²) in [5.74, 6) is 0.0438. The number of hydrogen-bond donors (Lipinski definition) is 1. The summed E-state index contributed by atoms with van der Waals surface area (Å²) in [6.45, 7) is -0.304. The number of methoxy groups -OCH3 is 2. The van der Waals surface area contributed by atoms with Gasteiger partial charge in [0.15, 0.2) is 5.13 Å². The molecule has 1 aromatic heterocycles. The molecule has 0 bridgehead atoms. The molecule has 3 amide bonds. The van der Waals surface area contributed by atoms with Gasteiger partial charge in [-0.1, -0.05) is 11.3 Å². The first kappa shape index (κ1) is 16.2. The van der Waals surface area contributed by atoms with E-state index >= 15 is 0 Å². The van der Waals surface area contributed by atoms with E-state index in [1.54, 1.807) is 19.2 Å². The van der Waals surface area contributed by atoms with Crippen LogP contribution in [0.25, 0.3) is 10.2 Å². The summed E-state index contributed by atoms with van der Waals surface area (Å²) in [6, 6.07) is 3.49. The third-order valence-corrected chi connectivity index (χ3v) is 4.60. The van der Waals surface area contributed by atoms with E-state index in [1.165, 1.54) is 18.4 Å². The molecule has 0 unspecified atom stereocenters. The van der Waals surface area contributed by atoms with Crippen molar-refractivity contribution >= 4 is 44.4 Å². The molecule has 2 aromatic rings. The van der Waals surface area contributed by atoms with Crippen LogP contribution in [0.4, 0.5) is 5.13 Å². The minimum atomic E-state index is -0.476. The number of likely N-dealkylation sites (tertiary alicyclic amines) is 1. The highest BCUT2D eigenvalue weighted by Gasteiger charge is 2.30. The van der Waals surface area contributed by atoms with E-state index in [2.05, 4.69) is 10.3 Å². The van der Waals surface area contributed by atoms with Gasteiger partial charge in [-0.2, -0.15) is 0 Å². The van der Waals surface area contributed by atoms with Gasteiger partial charge in [-0.3, -0.25) is 19.3 Å². The largest absolute Gasteiger partial charge is 0.495 e. The number of carbonyl (C=O) groups excluding carboxylic acids is 3. The fourth-order valence-corrected chi connectivity index (χ4v) is 3.43. The lowest BCUT2D eigenvalue weighted by molar-refractivity contribution is -0.141. The predicted octanol–water partition coefficient (Wildman–Crippen LogP) is 1.40. The number of nitrogens with one attached hydrogen (secondary N) is 1. The highest BCUT2D eigenvalue weighted by molar-refractivity contribution is 7.22. The molecule has 9 heteroatoms. The van der Waals surface area contributed by atoms with E-state index in [0.717, 1.165) is 9.60 Å². The Hall–Kier alpha value is -2.68.